The first-order valence-electron chi connectivity index (χ1n) is 6.86. The van der Waals surface area contributed by atoms with Gasteiger partial charge in [-0.05, 0) is 37.0 Å². The highest BCUT2D eigenvalue weighted by Crippen LogP contribution is 2.34. The molecule has 1 fully saturated rings. The lowest BCUT2D eigenvalue weighted by Crippen LogP contribution is -2.52. The molecule has 0 aliphatic heterocycles. The Morgan fingerprint density at radius 1 is 1.45 bits per heavy atom. The van der Waals surface area contributed by atoms with Crippen LogP contribution in [0.3, 0.4) is 0 Å². The van der Waals surface area contributed by atoms with Gasteiger partial charge in [0.25, 0.3) is 5.91 Å². The number of hydrogen-bond donors (Lipinski definition) is 3. The second kappa shape index (κ2) is 5.92. The molecule has 0 saturated heterocycles. The molecule has 110 valence electrons. The summed E-state index contributed by atoms with van der Waals surface area (Å²) < 4.78 is 0. The number of rotatable bonds is 3. The molecule has 0 heterocycles. The van der Waals surface area contributed by atoms with Gasteiger partial charge in [-0.1, -0.05) is 19.8 Å². The van der Waals surface area contributed by atoms with Gasteiger partial charge < -0.3 is 15.5 Å². The molecular weight excluding hydrogens is 278 g/mol. The van der Waals surface area contributed by atoms with E-state index in [1.54, 1.807) is 0 Å². The Morgan fingerprint density at radius 3 is 2.80 bits per heavy atom. The Labute approximate surface area is 123 Å². The van der Waals surface area contributed by atoms with E-state index in [2.05, 4.69) is 12.2 Å². The summed E-state index contributed by atoms with van der Waals surface area (Å²) in [6.07, 6.45) is 3.95. The maximum Gasteiger partial charge on any atom is 0.251 e. The van der Waals surface area contributed by atoms with E-state index >= 15 is 0 Å². The number of benzene rings is 1. The highest BCUT2D eigenvalue weighted by Gasteiger charge is 2.35. The standard InChI is InChI=1S/C15H20ClNO3/c1-10-3-2-6-15(8-10,9-16)17-14(20)11-4-5-12(18)13(19)7-11/h4-5,7,10,18-19H,2-3,6,8-9H2,1H3,(H,17,20). The molecule has 1 aliphatic rings. The van der Waals surface area contributed by atoms with Crippen LogP contribution in [-0.2, 0) is 0 Å². The number of amides is 1. The van der Waals surface area contributed by atoms with E-state index in [-0.39, 0.29) is 22.9 Å². The maximum absolute atomic E-state index is 12.3. The first-order valence-corrected chi connectivity index (χ1v) is 7.40. The molecule has 0 spiro atoms. The fourth-order valence-corrected chi connectivity index (χ4v) is 3.22. The SMILES string of the molecule is CC1CCCC(CCl)(NC(=O)c2ccc(O)c(O)c2)C1. The molecule has 0 radical (unpaired) electrons. The van der Waals surface area contributed by atoms with E-state index in [4.69, 9.17) is 11.6 Å². The van der Waals surface area contributed by atoms with Gasteiger partial charge in [-0.3, -0.25) is 4.79 Å². The molecule has 20 heavy (non-hydrogen) atoms. The molecule has 1 saturated carbocycles. The lowest BCUT2D eigenvalue weighted by molar-refractivity contribution is 0.0867. The van der Waals surface area contributed by atoms with Crippen molar-refractivity contribution in [1.29, 1.82) is 0 Å². The van der Waals surface area contributed by atoms with Crippen molar-refractivity contribution >= 4 is 17.5 Å². The van der Waals surface area contributed by atoms with E-state index in [0.29, 0.717) is 17.4 Å². The van der Waals surface area contributed by atoms with Crippen molar-refractivity contribution in [2.24, 2.45) is 5.92 Å². The number of phenolic OH excluding ortho intramolecular Hbond substituents is 2. The molecule has 1 aromatic carbocycles. The quantitative estimate of drug-likeness (QED) is 0.593. The Morgan fingerprint density at radius 2 is 2.20 bits per heavy atom. The number of alkyl halides is 1. The van der Waals surface area contributed by atoms with Gasteiger partial charge in [-0.15, -0.1) is 11.6 Å². The van der Waals surface area contributed by atoms with Crippen molar-refractivity contribution in [3.8, 4) is 11.5 Å². The zero-order valence-electron chi connectivity index (χ0n) is 11.5. The number of carbonyl (C=O) groups excluding carboxylic acids is 1. The highest BCUT2D eigenvalue weighted by molar-refractivity contribution is 6.19. The molecule has 1 aromatic rings. The van der Waals surface area contributed by atoms with Crippen LogP contribution < -0.4 is 5.32 Å². The van der Waals surface area contributed by atoms with Crippen LogP contribution in [0.5, 0.6) is 11.5 Å². The van der Waals surface area contributed by atoms with Gasteiger partial charge in [0.15, 0.2) is 11.5 Å². The summed E-state index contributed by atoms with van der Waals surface area (Å²) in [5.74, 6) is 0.119. The van der Waals surface area contributed by atoms with E-state index in [0.717, 1.165) is 25.7 Å². The van der Waals surface area contributed by atoms with Crippen LogP contribution in [-0.4, -0.2) is 27.5 Å². The van der Waals surface area contributed by atoms with Gasteiger partial charge >= 0.3 is 0 Å². The Hall–Kier alpha value is -1.42. The normalized spacial score (nSPS) is 26.2. The summed E-state index contributed by atoms with van der Waals surface area (Å²) in [6.45, 7) is 2.17. The third-order valence-corrected chi connectivity index (χ3v) is 4.48. The van der Waals surface area contributed by atoms with Crippen molar-refractivity contribution in [1.82, 2.24) is 5.32 Å². The van der Waals surface area contributed by atoms with Crippen molar-refractivity contribution in [3.63, 3.8) is 0 Å². The van der Waals surface area contributed by atoms with E-state index in [1.165, 1.54) is 18.2 Å². The van der Waals surface area contributed by atoms with Crippen LogP contribution in [0.4, 0.5) is 0 Å². The van der Waals surface area contributed by atoms with Crippen molar-refractivity contribution in [2.45, 2.75) is 38.1 Å². The fourth-order valence-electron chi connectivity index (χ4n) is 2.91. The lowest BCUT2D eigenvalue weighted by atomic mass is 9.77. The summed E-state index contributed by atoms with van der Waals surface area (Å²) in [6, 6.07) is 4.05. The van der Waals surface area contributed by atoms with Crippen LogP contribution in [0.15, 0.2) is 18.2 Å². The zero-order valence-corrected chi connectivity index (χ0v) is 12.3. The van der Waals surface area contributed by atoms with Gasteiger partial charge in [-0.2, -0.15) is 0 Å². The largest absolute Gasteiger partial charge is 0.504 e. The highest BCUT2D eigenvalue weighted by atomic mass is 35.5. The van der Waals surface area contributed by atoms with Gasteiger partial charge in [0, 0.05) is 11.4 Å². The third kappa shape index (κ3) is 3.18. The van der Waals surface area contributed by atoms with E-state index < -0.39 is 0 Å². The predicted octanol–water partition coefficient (Wildman–Crippen LogP) is 3.02. The van der Waals surface area contributed by atoms with Crippen LogP contribution in [0, 0.1) is 5.92 Å². The van der Waals surface area contributed by atoms with Crippen LogP contribution >= 0.6 is 11.6 Å². The van der Waals surface area contributed by atoms with Crippen molar-refractivity contribution in [2.75, 3.05) is 5.88 Å². The minimum absolute atomic E-state index is 0.236. The average molecular weight is 298 g/mol. The van der Waals surface area contributed by atoms with Crippen LogP contribution in [0.2, 0.25) is 0 Å². The summed E-state index contributed by atoms with van der Waals surface area (Å²) >= 11 is 6.09. The maximum atomic E-state index is 12.3. The predicted molar refractivity (Wildman–Crippen MR) is 78.3 cm³/mol. The molecule has 0 aromatic heterocycles. The second-order valence-corrected chi connectivity index (χ2v) is 6.04. The third-order valence-electron chi connectivity index (χ3n) is 3.96. The summed E-state index contributed by atoms with van der Waals surface area (Å²) in [4.78, 5) is 12.3. The monoisotopic (exact) mass is 297 g/mol. The molecule has 0 bridgehead atoms. The molecule has 2 atom stereocenters. The second-order valence-electron chi connectivity index (χ2n) is 5.77. The van der Waals surface area contributed by atoms with Crippen LogP contribution in [0.25, 0.3) is 0 Å². The van der Waals surface area contributed by atoms with Crippen molar-refractivity contribution in [3.05, 3.63) is 23.8 Å². The van der Waals surface area contributed by atoms with Crippen molar-refractivity contribution < 1.29 is 15.0 Å². The van der Waals surface area contributed by atoms with Gasteiger partial charge in [0.05, 0.1) is 5.54 Å². The molecule has 3 N–H and O–H groups in total. The average Bonchev–Trinajstić information content (AvgIpc) is 2.41. The minimum atomic E-state index is -0.371. The molecule has 1 aliphatic carbocycles. The summed E-state index contributed by atoms with van der Waals surface area (Å²) in [5.41, 5.74) is -0.0490. The number of aromatic hydroxyl groups is 2. The molecular formula is C15H20ClNO3. The summed E-state index contributed by atoms with van der Waals surface area (Å²) in [7, 11) is 0. The molecule has 4 nitrogen and oxygen atoms in total. The lowest BCUT2D eigenvalue weighted by Gasteiger charge is -2.39. The number of hydrogen-bond acceptors (Lipinski definition) is 3. The molecule has 2 unspecified atom stereocenters. The first-order chi connectivity index (χ1) is 9.46. The number of halogens is 1. The zero-order chi connectivity index (χ0) is 14.8. The Bertz CT molecular complexity index is 506. The topological polar surface area (TPSA) is 69.6 Å². The smallest absolute Gasteiger partial charge is 0.251 e. The van der Waals surface area contributed by atoms with E-state index in [9.17, 15) is 15.0 Å². The molecule has 2 rings (SSSR count). The summed E-state index contributed by atoms with van der Waals surface area (Å²) in [5, 5.41) is 21.7. The number of phenols is 2. The minimum Gasteiger partial charge on any atom is -0.504 e. The van der Waals surface area contributed by atoms with Gasteiger partial charge in [-0.25, -0.2) is 0 Å². The van der Waals surface area contributed by atoms with Crippen LogP contribution in [0.1, 0.15) is 43.0 Å². The first kappa shape index (κ1) is 15.0. The number of carbonyl (C=O) groups is 1. The fraction of sp³-hybridized carbons (Fsp3) is 0.533. The molecule has 1 amide bonds. The Kier molecular flexibility index (Phi) is 4.43. The van der Waals surface area contributed by atoms with Gasteiger partial charge in [0.2, 0.25) is 0 Å². The van der Waals surface area contributed by atoms with E-state index in [1.807, 2.05) is 0 Å². The number of nitrogens with one attached hydrogen (secondary N) is 1. The van der Waals surface area contributed by atoms with Gasteiger partial charge in [0.1, 0.15) is 0 Å². The molecule has 5 heteroatoms. The Balaban J connectivity index is 2.14.